The zero-order valence-electron chi connectivity index (χ0n) is 12.3. The Labute approximate surface area is 130 Å². The molecule has 0 amide bonds. The van der Waals surface area contributed by atoms with Crippen molar-refractivity contribution in [2.45, 2.75) is 38.3 Å². The molecule has 0 spiro atoms. The SMILES string of the molecule is Cc1ccc([C@H]2C[C@@H]3Cc4cc(OC(F)(F)F)ccc4N2O3)o1. The maximum absolute atomic E-state index is 12.4. The number of halogens is 3. The normalized spacial score (nSPS) is 23.0. The minimum Gasteiger partial charge on any atom is -0.464 e. The molecule has 1 aromatic carbocycles. The molecule has 7 heteroatoms. The van der Waals surface area contributed by atoms with Crippen LogP contribution in [0.1, 0.15) is 29.5 Å². The van der Waals surface area contributed by atoms with Crippen LogP contribution in [0, 0.1) is 6.92 Å². The molecule has 2 aromatic rings. The van der Waals surface area contributed by atoms with Crippen molar-refractivity contribution in [3.63, 3.8) is 0 Å². The van der Waals surface area contributed by atoms with Gasteiger partial charge >= 0.3 is 6.36 Å². The molecular weight excluding hydrogens is 311 g/mol. The van der Waals surface area contributed by atoms with E-state index in [1.165, 1.54) is 12.1 Å². The molecule has 2 aliphatic rings. The van der Waals surface area contributed by atoms with E-state index in [-0.39, 0.29) is 17.9 Å². The number of aryl methyl sites for hydroxylation is 1. The lowest BCUT2D eigenvalue weighted by Gasteiger charge is -2.29. The number of nitrogens with zero attached hydrogens (tertiary/aromatic N) is 1. The van der Waals surface area contributed by atoms with Crippen molar-refractivity contribution >= 4 is 5.69 Å². The van der Waals surface area contributed by atoms with E-state index in [1.54, 1.807) is 11.1 Å². The van der Waals surface area contributed by atoms with Crippen LogP contribution in [0.15, 0.2) is 34.7 Å². The quantitative estimate of drug-likeness (QED) is 0.825. The Balaban J connectivity index is 1.65. The number of hydrogen-bond donors (Lipinski definition) is 0. The molecule has 122 valence electrons. The standard InChI is InChI=1S/C16H14F3NO3/c1-9-2-5-15(21-9)14-8-12-7-10-6-11(22-16(17,18)19)3-4-13(10)20(14)23-12/h2-6,12,14H,7-8H2,1H3/t12-,14+/m0/s1. The van der Waals surface area contributed by atoms with Crippen LogP contribution >= 0.6 is 0 Å². The number of fused-ring (bicyclic) bond motifs is 4. The zero-order valence-corrected chi connectivity index (χ0v) is 12.3. The number of hydrogen-bond acceptors (Lipinski definition) is 4. The maximum Gasteiger partial charge on any atom is 0.573 e. The molecule has 1 aromatic heterocycles. The molecule has 4 nitrogen and oxygen atoms in total. The lowest BCUT2D eigenvalue weighted by atomic mass is 10.0. The molecule has 0 aliphatic carbocycles. The molecule has 2 aliphatic heterocycles. The molecule has 23 heavy (non-hydrogen) atoms. The van der Waals surface area contributed by atoms with Crippen LogP contribution < -0.4 is 9.80 Å². The number of hydroxylamine groups is 1. The van der Waals surface area contributed by atoms with Gasteiger partial charge < -0.3 is 9.15 Å². The average molecular weight is 325 g/mol. The Morgan fingerprint density at radius 2 is 2.04 bits per heavy atom. The molecule has 4 rings (SSSR count). The zero-order chi connectivity index (χ0) is 16.2. The molecule has 1 saturated heterocycles. The van der Waals surface area contributed by atoms with E-state index in [1.807, 2.05) is 19.1 Å². The fraction of sp³-hybridized carbons (Fsp3) is 0.375. The smallest absolute Gasteiger partial charge is 0.464 e. The van der Waals surface area contributed by atoms with Crippen molar-refractivity contribution < 1.29 is 27.2 Å². The number of benzene rings is 1. The molecule has 0 unspecified atom stereocenters. The fourth-order valence-corrected chi connectivity index (χ4v) is 3.21. The highest BCUT2D eigenvalue weighted by Gasteiger charge is 2.42. The summed E-state index contributed by atoms with van der Waals surface area (Å²) in [5.41, 5.74) is 1.54. The van der Waals surface area contributed by atoms with Crippen LogP contribution in [0.3, 0.4) is 0 Å². The van der Waals surface area contributed by atoms with Gasteiger partial charge in [-0.15, -0.1) is 13.2 Å². The van der Waals surface area contributed by atoms with Gasteiger partial charge in [0.1, 0.15) is 23.3 Å². The summed E-state index contributed by atoms with van der Waals surface area (Å²) < 4.78 is 46.7. The summed E-state index contributed by atoms with van der Waals surface area (Å²) in [6.07, 6.45) is -3.47. The number of anilines is 1. The van der Waals surface area contributed by atoms with Gasteiger partial charge in [-0.3, -0.25) is 4.84 Å². The number of alkyl halides is 3. The van der Waals surface area contributed by atoms with E-state index in [2.05, 4.69) is 4.74 Å². The summed E-state index contributed by atoms with van der Waals surface area (Å²) in [6.45, 7) is 1.87. The first-order valence-electron chi connectivity index (χ1n) is 7.30. The predicted octanol–water partition coefficient (Wildman–Crippen LogP) is 4.29. The first-order chi connectivity index (χ1) is 10.9. The summed E-state index contributed by atoms with van der Waals surface area (Å²) >= 11 is 0. The molecule has 2 bridgehead atoms. The Morgan fingerprint density at radius 3 is 2.74 bits per heavy atom. The third-order valence-corrected chi connectivity index (χ3v) is 4.09. The largest absolute Gasteiger partial charge is 0.573 e. The molecule has 0 saturated carbocycles. The van der Waals surface area contributed by atoms with Crippen molar-refractivity contribution in [1.82, 2.24) is 0 Å². The molecule has 3 heterocycles. The van der Waals surface area contributed by atoms with Gasteiger partial charge in [0.2, 0.25) is 0 Å². The Hall–Kier alpha value is -2.15. The second-order valence-electron chi connectivity index (χ2n) is 5.80. The van der Waals surface area contributed by atoms with E-state index in [9.17, 15) is 13.2 Å². The van der Waals surface area contributed by atoms with Gasteiger partial charge in [-0.25, -0.2) is 5.06 Å². The lowest BCUT2D eigenvalue weighted by molar-refractivity contribution is -0.274. The molecule has 1 fully saturated rings. The highest BCUT2D eigenvalue weighted by Crippen LogP contribution is 2.46. The summed E-state index contributed by atoms with van der Waals surface area (Å²) in [4.78, 5) is 5.85. The molecular formula is C16H14F3NO3. The van der Waals surface area contributed by atoms with Crippen molar-refractivity contribution in [3.05, 3.63) is 47.4 Å². The highest BCUT2D eigenvalue weighted by molar-refractivity contribution is 5.58. The van der Waals surface area contributed by atoms with E-state index in [0.29, 0.717) is 6.42 Å². The minimum atomic E-state index is -4.69. The van der Waals surface area contributed by atoms with Crippen LogP contribution in [-0.2, 0) is 11.3 Å². The number of rotatable bonds is 2. The van der Waals surface area contributed by atoms with E-state index < -0.39 is 6.36 Å². The molecule has 0 N–H and O–H groups in total. The topological polar surface area (TPSA) is 34.8 Å². The van der Waals surface area contributed by atoms with Crippen molar-refractivity contribution in [1.29, 1.82) is 0 Å². The Morgan fingerprint density at radius 1 is 1.22 bits per heavy atom. The average Bonchev–Trinajstić information content (AvgIpc) is 3.01. The Bertz CT molecular complexity index is 740. The maximum atomic E-state index is 12.4. The van der Waals surface area contributed by atoms with Gasteiger partial charge in [0.15, 0.2) is 0 Å². The fourth-order valence-electron chi connectivity index (χ4n) is 3.21. The van der Waals surface area contributed by atoms with Crippen LogP contribution in [0.2, 0.25) is 0 Å². The van der Waals surface area contributed by atoms with E-state index in [0.717, 1.165) is 29.2 Å². The second-order valence-corrected chi connectivity index (χ2v) is 5.80. The van der Waals surface area contributed by atoms with Gasteiger partial charge in [-0.2, -0.15) is 0 Å². The number of ether oxygens (including phenoxy) is 1. The predicted molar refractivity (Wildman–Crippen MR) is 75.0 cm³/mol. The van der Waals surface area contributed by atoms with Gasteiger partial charge in [0.05, 0.1) is 11.8 Å². The van der Waals surface area contributed by atoms with Crippen molar-refractivity contribution in [3.8, 4) is 5.75 Å². The van der Waals surface area contributed by atoms with Crippen LogP contribution in [0.25, 0.3) is 0 Å². The van der Waals surface area contributed by atoms with Gasteiger partial charge in [0, 0.05) is 12.8 Å². The monoisotopic (exact) mass is 325 g/mol. The van der Waals surface area contributed by atoms with Gasteiger partial charge in [-0.1, -0.05) is 0 Å². The van der Waals surface area contributed by atoms with Gasteiger partial charge in [-0.05, 0) is 42.8 Å². The van der Waals surface area contributed by atoms with Crippen LogP contribution in [0.5, 0.6) is 5.75 Å². The van der Waals surface area contributed by atoms with Crippen LogP contribution in [0.4, 0.5) is 18.9 Å². The van der Waals surface area contributed by atoms with E-state index in [4.69, 9.17) is 9.25 Å². The Kier molecular flexibility index (Phi) is 3.09. The first kappa shape index (κ1) is 14.4. The van der Waals surface area contributed by atoms with E-state index >= 15 is 0 Å². The lowest BCUT2D eigenvalue weighted by Crippen LogP contribution is -2.27. The molecule has 0 radical (unpaired) electrons. The minimum absolute atomic E-state index is 0.0654. The highest BCUT2D eigenvalue weighted by atomic mass is 19.4. The first-order valence-corrected chi connectivity index (χ1v) is 7.30. The van der Waals surface area contributed by atoms with Crippen LogP contribution in [-0.4, -0.2) is 12.5 Å². The number of furan rings is 1. The summed E-state index contributed by atoms with van der Waals surface area (Å²) in [7, 11) is 0. The second kappa shape index (κ2) is 4.92. The van der Waals surface area contributed by atoms with Crippen molar-refractivity contribution in [2.24, 2.45) is 0 Å². The summed E-state index contributed by atoms with van der Waals surface area (Å²) in [5, 5.41) is 1.74. The summed E-state index contributed by atoms with van der Waals surface area (Å²) in [6, 6.07) is 8.06. The van der Waals surface area contributed by atoms with Crippen molar-refractivity contribution in [2.75, 3.05) is 5.06 Å². The third kappa shape index (κ3) is 2.65. The van der Waals surface area contributed by atoms with Gasteiger partial charge in [0.25, 0.3) is 0 Å². The third-order valence-electron chi connectivity index (χ3n) is 4.09. The summed E-state index contributed by atoms with van der Waals surface area (Å²) in [5.74, 6) is 1.41. The molecule has 2 atom stereocenters.